The molecule has 0 radical (unpaired) electrons. The maximum absolute atomic E-state index is 13.8. The second-order valence-corrected chi connectivity index (χ2v) is 5.19. The Bertz CT molecular complexity index is 622. The number of rotatable bonds is 1. The number of hydrogen-bond donors (Lipinski definition) is 1. The van der Waals surface area contributed by atoms with Crippen LogP contribution in [0.4, 0.5) is 14.5 Å². The van der Waals surface area contributed by atoms with Gasteiger partial charge >= 0.3 is 0 Å². The highest BCUT2D eigenvalue weighted by atomic mass is 19.1. The van der Waals surface area contributed by atoms with Crippen LogP contribution in [-0.4, -0.2) is 6.54 Å². The van der Waals surface area contributed by atoms with Gasteiger partial charge in [-0.1, -0.05) is 19.1 Å². The summed E-state index contributed by atoms with van der Waals surface area (Å²) >= 11 is 0. The molecule has 0 saturated heterocycles. The van der Waals surface area contributed by atoms with E-state index in [1.165, 1.54) is 17.7 Å². The molecule has 2 aromatic carbocycles. The van der Waals surface area contributed by atoms with Crippen LogP contribution in [0.3, 0.4) is 0 Å². The average molecular weight is 259 g/mol. The van der Waals surface area contributed by atoms with Gasteiger partial charge in [0.25, 0.3) is 0 Å². The zero-order valence-electron chi connectivity index (χ0n) is 10.7. The van der Waals surface area contributed by atoms with Crippen molar-refractivity contribution in [2.24, 2.45) is 5.92 Å². The molecule has 0 aromatic heterocycles. The molecule has 0 saturated carbocycles. The van der Waals surface area contributed by atoms with Gasteiger partial charge in [-0.2, -0.15) is 0 Å². The number of anilines is 1. The van der Waals surface area contributed by atoms with Crippen molar-refractivity contribution in [1.29, 1.82) is 0 Å². The van der Waals surface area contributed by atoms with Gasteiger partial charge in [-0.15, -0.1) is 0 Å². The molecule has 0 fully saturated rings. The number of hydrogen-bond acceptors (Lipinski definition) is 1. The SMILES string of the molecule is CC1CNc2cc(-c3cc(F)ccc3F)ccc2C1. The monoisotopic (exact) mass is 259 g/mol. The third kappa shape index (κ3) is 2.33. The number of halogens is 2. The summed E-state index contributed by atoms with van der Waals surface area (Å²) < 4.78 is 27.0. The second-order valence-electron chi connectivity index (χ2n) is 5.19. The molecule has 0 amide bonds. The lowest BCUT2D eigenvalue weighted by Crippen LogP contribution is -2.20. The topological polar surface area (TPSA) is 12.0 Å². The Balaban J connectivity index is 2.05. The van der Waals surface area contributed by atoms with Crippen LogP contribution in [0.5, 0.6) is 0 Å². The summed E-state index contributed by atoms with van der Waals surface area (Å²) in [6, 6.07) is 9.30. The molecule has 1 nitrogen and oxygen atoms in total. The van der Waals surface area contributed by atoms with Gasteiger partial charge in [-0.3, -0.25) is 0 Å². The van der Waals surface area contributed by atoms with E-state index < -0.39 is 11.6 Å². The first-order chi connectivity index (χ1) is 9.13. The van der Waals surface area contributed by atoms with Crippen molar-refractivity contribution in [1.82, 2.24) is 0 Å². The smallest absolute Gasteiger partial charge is 0.131 e. The van der Waals surface area contributed by atoms with E-state index in [1.54, 1.807) is 0 Å². The van der Waals surface area contributed by atoms with Crippen LogP contribution in [0.25, 0.3) is 11.1 Å². The van der Waals surface area contributed by atoms with Crippen molar-refractivity contribution in [3.8, 4) is 11.1 Å². The van der Waals surface area contributed by atoms with Crippen LogP contribution in [0.2, 0.25) is 0 Å². The molecule has 1 unspecified atom stereocenters. The first kappa shape index (κ1) is 12.2. The summed E-state index contributed by atoms with van der Waals surface area (Å²) in [4.78, 5) is 0. The molecule has 0 aliphatic carbocycles. The minimum atomic E-state index is -0.421. The first-order valence-electron chi connectivity index (χ1n) is 6.45. The second kappa shape index (κ2) is 4.65. The van der Waals surface area contributed by atoms with E-state index in [-0.39, 0.29) is 0 Å². The fourth-order valence-electron chi connectivity index (χ4n) is 2.54. The summed E-state index contributed by atoms with van der Waals surface area (Å²) in [5, 5.41) is 3.34. The van der Waals surface area contributed by atoms with Crippen molar-refractivity contribution in [2.45, 2.75) is 13.3 Å². The Labute approximate surface area is 111 Å². The normalized spacial score (nSPS) is 17.7. The van der Waals surface area contributed by atoms with Crippen LogP contribution in [-0.2, 0) is 6.42 Å². The molecule has 19 heavy (non-hydrogen) atoms. The van der Waals surface area contributed by atoms with Gasteiger partial charge in [-0.25, -0.2) is 8.78 Å². The summed E-state index contributed by atoms with van der Waals surface area (Å²) in [7, 11) is 0. The van der Waals surface area contributed by atoms with Crippen LogP contribution in [0.15, 0.2) is 36.4 Å². The molecule has 98 valence electrons. The maximum atomic E-state index is 13.8. The van der Waals surface area contributed by atoms with Gasteiger partial charge in [0.2, 0.25) is 0 Å². The zero-order valence-corrected chi connectivity index (χ0v) is 10.7. The number of benzene rings is 2. The third-order valence-electron chi connectivity index (χ3n) is 3.56. The summed E-state index contributed by atoms with van der Waals surface area (Å²) in [5.41, 5.74) is 3.28. The fourth-order valence-corrected chi connectivity index (χ4v) is 2.54. The van der Waals surface area contributed by atoms with Crippen LogP contribution in [0.1, 0.15) is 12.5 Å². The molecule has 2 aromatic rings. The summed E-state index contributed by atoms with van der Waals surface area (Å²) in [6.07, 6.45) is 1.02. The van der Waals surface area contributed by atoms with Crippen molar-refractivity contribution in [3.05, 3.63) is 53.6 Å². The highest BCUT2D eigenvalue weighted by Crippen LogP contribution is 2.31. The van der Waals surface area contributed by atoms with E-state index in [0.717, 1.165) is 24.7 Å². The van der Waals surface area contributed by atoms with Gasteiger partial charge in [0, 0.05) is 17.8 Å². The van der Waals surface area contributed by atoms with Gasteiger partial charge in [0.15, 0.2) is 0 Å². The lowest BCUT2D eigenvalue weighted by molar-refractivity contribution is 0.594. The fraction of sp³-hybridized carbons (Fsp3) is 0.250. The van der Waals surface area contributed by atoms with Gasteiger partial charge in [0.1, 0.15) is 11.6 Å². The highest BCUT2D eigenvalue weighted by molar-refractivity contribution is 5.71. The summed E-state index contributed by atoms with van der Waals surface area (Å²) in [6.45, 7) is 3.11. The maximum Gasteiger partial charge on any atom is 0.131 e. The molecule has 3 heteroatoms. The quantitative estimate of drug-likeness (QED) is 0.807. The summed E-state index contributed by atoms with van der Waals surface area (Å²) in [5.74, 6) is -0.217. The van der Waals surface area contributed by atoms with Crippen molar-refractivity contribution >= 4 is 5.69 Å². The predicted octanol–water partition coefficient (Wildman–Crippen LogP) is 4.24. The minimum absolute atomic E-state index is 0.309. The minimum Gasteiger partial charge on any atom is -0.385 e. The Hall–Kier alpha value is -1.90. The van der Waals surface area contributed by atoms with Gasteiger partial charge in [-0.05, 0) is 47.7 Å². The Morgan fingerprint density at radius 3 is 2.79 bits per heavy atom. The van der Waals surface area contributed by atoms with Crippen LogP contribution < -0.4 is 5.32 Å². The van der Waals surface area contributed by atoms with E-state index in [1.807, 2.05) is 18.2 Å². The van der Waals surface area contributed by atoms with E-state index in [4.69, 9.17) is 0 Å². The molecular formula is C16H15F2N. The molecule has 1 aliphatic rings. The number of nitrogens with one attached hydrogen (secondary N) is 1. The van der Waals surface area contributed by atoms with Crippen molar-refractivity contribution in [3.63, 3.8) is 0 Å². The Kier molecular flexibility index (Phi) is 2.97. The molecule has 1 atom stereocenters. The Morgan fingerprint density at radius 2 is 1.95 bits per heavy atom. The predicted molar refractivity (Wildman–Crippen MR) is 73.2 cm³/mol. The third-order valence-corrected chi connectivity index (χ3v) is 3.56. The number of fused-ring (bicyclic) bond motifs is 1. The molecule has 3 rings (SSSR count). The van der Waals surface area contributed by atoms with Gasteiger partial charge < -0.3 is 5.32 Å². The lowest BCUT2D eigenvalue weighted by atomic mass is 9.93. The molecule has 0 spiro atoms. The van der Waals surface area contributed by atoms with Crippen molar-refractivity contribution < 1.29 is 8.78 Å². The standard InChI is InChI=1S/C16H15F2N/c1-10-6-12-3-2-11(7-16(12)19-9-10)14-8-13(17)4-5-15(14)18/h2-5,7-8,10,19H,6,9H2,1H3. The van der Waals surface area contributed by atoms with Gasteiger partial charge in [0.05, 0.1) is 0 Å². The van der Waals surface area contributed by atoms with Crippen LogP contribution >= 0.6 is 0 Å². The van der Waals surface area contributed by atoms with E-state index in [9.17, 15) is 8.78 Å². The average Bonchev–Trinajstić information content (AvgIpc) is 2.41. The molecule has 0 bridgehead atoms. The van der Waals surface area contributed by atoms with Crippen molar-refractivity contribution in [2.75, 3.05) is 11.9 Å². The van der Waals surface area contributed by atoms with E-state index >= 15 is 0 Å². The largest absolute Gasteiger partial charge is 0.385 e. The lowest BCUT2D eigenvalue weighted by Gasteiger charge is -2.24. The van der Waals surface area contributed by atoms with E-state index in [0.29, 0.717) is 17.0 Å². The molecule has 1 heterocycles. The van der Waals surface area contributed by atoms with Crippen LogP contribution in [0, 0.1) is 17.6 Å². The van der Waals surface area contributed by atoms with E-state index in [2.05, 4.69) is 12.2 Å². The molecular weight excluding hydrogens is 244 g/mol. The highest BCUT2D eigenvalue weighted by Gasteiger charge is 2.16. The molecule has 1 aliphatic heterocycles. The Morgan fingerprint density at radius 1 is 1.11 bits per heavy atom. The zero-order chi connectivity index (χ0) is 13.4. The molecule has 1 N–H and O–H groups in total. The first-order valence-corrected chi connectivity index (χ1v) is 6.45.